The Labute approximate surface area is 98.2 Å². The summed E-state index contributed by atoms with van der Waals surface area (Å²) in [7, 11) is -1.36. The lowest BCUT2D eigenvalue weighted by atomic mass is 9.96. The zero-order valence-electron chi connectivity index (χ0n) is 10.1. The molecule has 0 spiro atoms. The van der Waals surface area contributed by atoms with Crippen LogP contribution in [0.25, 0.3) is 0 Å². The Morgan fingerprint density at radius 1 is 1.31 bits per heavy atom. The van der Waals surface area contributed by atoms with Crippen LogP contribution in [0, 0.1) is 11.8 Å². The van der Waals surface area contributed by atoms with Crippen molar-refractivity contribution in [2.45, 2.75) is 43.9 Å². The third kappa shape index (κ3) is 2.41. The molecule has 2 N–H and O–H groups in total. The Morgan fingerprint density at radius 3 is 2.56 bits per heavy atom. The lowest BCUT2D eigenvalue weighted by molar-refractivity contribution is 0.388. The molecule has 0 aromatic carbocycles. The predicted molar refractivity (Wildman–Crippen MR) is 64.7 cm³/mol. The molecule has 0 heterocycles. The summed E-state index contributed by atoms with van der Waals surface area (Å²) in [5.74, 6) is 1.37. The van der Waals surface area contributed by atoms with E-state index in [1.807, 2.05) is 0 Å². The third-order valence-corrected chi connectivity index (χ3v) is 5.93. The second-order valence-electron chi connectivity index (χ2n) is 5.31. The summed E-state index contributed by atoms with van der Waals surface area (Å²) in [5, 5.41) is 2.56. The quantitative estimate of drug-likeness (QED) is 0.751. The van der Waals surface area contributed by atoms with Gasteiger partial charge in [0.25, 0.3) is 0 Å². The van der Waals surface area contributed by atoms with Crippen molar-refractivity contribution in [3.8, 4) is 0 Å². The average Bonchev–Trinajstić information content (AvgIpc) is 2.78. The van der Waals surface area contributed by atoms with Gasteiger partial charge in [0.1, 0.15) is 0 Å². The first kappa shape index (κ1) is 12.3. The standard InChI is InChI=1S/C11H22N2O2S/c1-8(7-12-2)16(14,15)13-11-6-9-3-4-10(11)5-9/h8-13H,3-7H2,1-2H3. The first-order chi connectivity index (χ1) is 7.53. The van der Waals surface area contributed by atoms with E-state index in [2.05, 4.69) is 10.0 Å². The smallest absolute Gasteiger partial charge is 0.215 e. The Kier molecular flexibility index (Phi) is 3.56. The zero-order chi connectivity index (χ0) is 11.8. The van der Waals surface area contributed by atoms with E-state index >= 15 is 0 Å². The molecule has 0 aromatic heterocycles. The van der Waals surface area contributed by atoms with Gasteiger partial charge in [-0.3, -0.25) is 0 Å². The molecule has 2 saturated carbocycles. The molecule has 0 aliphatic heterocycles. The average molecular weight is 246 g/mol. The van der Waals surface area contributed by atoms with Gasteiger partial charge in [0.05, 0.1) is 5.25 Å². The molecule has 4 nitrogen and oxygen atoms in total. The van der Waals surface area contributed by atoms with Gasteiger partial charge in [0.2, 0.25) is 10.0 Å². The van der Waals surface area contributed by atoms with Gasteiger partial charge in [0, 0.05) is 12.6 Å². The molecular weight excluding hydrogens is 224 g/mol. The molecule has 2 bridgehead atoms. The van der Waals surface area contributed by atoms with Crippen LogP contribution in [0.2, 0.25) is 0 Å². The van der Waals surface area contributed by atoms with Crippen LogP contribution >= 0.6 is 0 Å². The van der Waals surface area contributed by atoms with Crippen LogP contribution in [0.5, 0.6) is 0 Å². The second-order valence-corrected chi connectivity index (χ2v) is 7.44. The minimum atomic E-state index is -3.14. The Morgan fingerprint density at radius 2 is 2.06 bits per heavy atom. The topological polar surface area (TPSA) is 58.2 Å². The van der Waals surface area contributed by atoms with Gasteiger partial charge in [-0.25, -0.2) is 13.1 Å². The third-order valence-electron chi connectivity index (χ3n) is 4.08. The van der Waals surface area contributed by atoms with Crippen LogP contribution in [-0.2, 0) is 10.0 Å². The summed E-state index contributed by atoms with van der Waals surface area (Å²) in [6, 6.07) is 0.211. The van der Waals surface area contributed by atoms with Crippen LogP contribution in [-0.4, -0.2) is 33.3 Å². The highest BCUT2D eigenvalue weighted by atomic mass is 32.2. The van der Waals surface area contributed by atoms with Crippen molar-refractivity contribution >= 4 is 10.0 Å². The highest BCUT2D eigenvalue weighted by Gasteiger charge is 2.41. The molecule has 2 fully saturated rings. The molecule has 2 aliphatic carbocycles. The fraction of sp³-hybridized carbons (Fsp3) is 1.00. The summed E-state index contributed by atoms with van der Waals surface area (Å²) in [4.78, 5) is 0. The van der Waals surface area contributed by atoms with Crippen molar-refractivity contribution in [3.05, 3.63) is 0 Å². The second kappa shape index (κ2) is 4.63. The fourth-order valence-corrected chi connectivity index (χ4v) is 4.44. The van der Waals surface area contributed by atoms with Gasteiger partial charge in [-0.2, -0.15) is 0 Å². The number of fused-ring (bicyclic) bond motifs is 2. The van der Waals surface area contributed by atoms with E-state index in [4.69, 9.17) is 0 Å². The molecule has 0 radical (unpaired) electrons. The van der Waals surface area contributed by atoms with Crippen LogP contribution < -0.4 is 10.0 Å². The fourth-order valence-electron chi connectivity index (χ4n) is 3.11. The van der Waals surface area contributed by atoms with E-state index in [-0.39, 0.29) is 11.3 Å². The van der Waals surface area contributed by atoms with Gasteiger partial charge in [-0.05, 0) is 45.1 Å². The van der Waals surface area contributed by atoms with E-state index in [9.17, 15) is 8.42 Å². The first-order valence-electron chi connectivity index (χ1n) is 6.18. The minimum absolute atomic E-state index is 0.211. The van der Waals surface area contributed by atoms with Crippen LogP contribution in [0.3, 0.4) is 0 Å². The van der Waals surface area contributed by atoms with Crippen LogP contribution in [0.1, 0.15) is 32.6 Å². The number of nitrogens with one attached hydrogen (secondary N) is 2. The Balaban J connectivity index is 1.94. The summed E-state index contributed by atoms with van der Waals surface area (Å²) in [6.45, 7) is 2.27. The Bertz CT molecular complexity index is 342. The van der Waals surface area contributed by atoms with E-state index in [1.54, 1.807) is 14.0 Å². The molecule has 94 valence electrons. The lowest BCUT2D eigenvalue weighted by Crippen LogP contribution is -2.45. The number of hydrogen-bond acceptors (Lipinski definition) is 3. The minimum Gasteiger partial charge on any atom is -0.318 e. The van der Waals surface area contributed by atoms with Crippen molar-refractivity contribution in [1.82, 2.24) is 10.0 Å². The maximum atomic E-state index is 12.0. The normalized spacial score (nSPS) is 35.5. The van der Waals surface area contributed by atoms with Crippen LogP contribution in [0.15, 0.2) is 0 Å². The summed E-state index contributed by atoms with van der Waals surface area (Å²) in [5.41, 5.74) is 0. The van der Waals surface area contributed by atoms with Crippen LogP contribution in [0.4, 0.5) is 0 Å². The molecule has 16 heavy (non-hydrogen) atoms. The molecule has 0 aromatic rings. The summed E-state index contributed by atoms with van der Waals surface area (Å²) >= 11 is 0. The summed E-state index contributed by atoms with van der Waals surface area (Å²) in [6.07, 6.45) is 4.79. The Hall–Kier alpha value is -0.130. The highest BCUT2D eigenvalue weighted by molar-refractivity contribution is 7.90. The molecule has 4 atom stereocenters. The molecule has 4 unspecified atom stereocenters. The largest absolute Gasteiger partial charge is 0.318 e. The lowest BCUT2D eigenvalue weighted by Gasteiger charge is -2.24. The van der Waals surface area contributed by atoms with Crippen molar-refractivity contribution in [2.24, 2.45) is 11.8 Å². The van der Waals surface area contributed by atoms with E-state index in [1.165, 1.54) is 19.3 Å². The van der Waals surface area contributed by atoms with Gasteiger partial charge in [-0.15, -0.1) is 0 Å². The highest BCUT2D eigenvalue weighted by Crippen LogP contribution is 2.44. The van der Waals surface area contributed by atoms with Crippen molar-refractivity contribution in [2.75, 3.05) is 13.6 Å². The van der Waals surface area contributed by atoms with Gasteiger partial charge < -0.3 is 5.32 Å². The number of hydrogen-bond donors (Lipinski definition) is 2. The van der Waals surface area contributed by atoms with Gasteiger partial charge in [-0.1, -0.05) is 6.42 Å². The van der Waals surface area contributed by atoms with Crippen molar-refractivity contribution < 1.29 is 8.42 Å². The molecule has 0 amide bonds. The first-order valence-corrected chi connectivity index (χ1v) is 7.73. The van der Waals surface area contributed by atoms with E-state index in [0.29, 0.717) is 12.5 Å². The predicted octanol–water partition coefficient (Wildman–Crippen LogP) is 0.702. The zero-order valence-corrected chi connectivity index (χ0v) is 10.9. The maximum Gasteiger partial charge on any atom is 0.215 e. The van der Waals surface area contributed by atoms with Gasteiger partial charge >= 0.3 is 0 Å². The molecular formula is C11H22N2O2S. The molecule has 2 aliphatic rings. The summed E-state index contributed by atoms with van der Waals surface area (Å²) < 4.78 is 26.9. The van der Waals surface area contributed by atoms with Crippen molar-refractivity contribution in [1.29, 1.82) is 0 Å². The van der Waals surface area contributed by atoms with E-state index in [0.717, 1.165) is 12.3 Å². The molecule has 0 saturated heterocycles. The SMILES string of the molecule is CNCC(C)S(=O)(=O)NC1CC2CCC1C2. The number of rotatable bonds is 5. The monoisotopic (exact) mass is 246 g/mol. The number of sulfonamides is 1. The molecule has 2 rings (SSSR count). The van der Waals surface area contributed by atoms with Gasteiger partial charge in [0.15, 0.2) is 0 Å². The van der Waals surface area contributed by atoms with E-state index < -0.39 is 10.0 Å². The molecule has 5 heteroatoms. The van der Waals surface area contributed by atoms with Crippen molar-refractivity contribution in [3.63, 3.8) is 0 Å². The maximum absolute atomic E-state index is 12.0.